The van der Waals surface area contributed by atoms with E-state index in [1.54, 1.807) is 6.92 Å². The molecule has 688 valence electrons. The van der Waals surface area contributed by atoms with Crippen LogP contribution in [0.1, 0.15) is 100 Å². The minimum atomic E-state index is -4.64. The Morgan fingerprint density at radius 1 is 0.378 bits per heavy atom. The number of aryl methyl sites for hydroxylation is 2. The van der Waals surface area contributed by atoms with E-state index in [2.05, 4.69) is 69.8 Å². The molecule has 16 heterocycles. The third kappa shape index (κ3) is 21.0. The van der Waals surface area contributed by atoms with Crippen molar-refractivity contribution in [2.75, 3.05) is 63.1 Å². The van der Waals surface area contributed by atoms with Gasteiger partial charge in [-0.2, -0.15) is 4.98 Å². The number of ether oxygens (including phenoxy) is 6. The van der Waals surface area contributed by atoms with E-state index in [9.17, 15) is 53.3 Å². The van der Waals surface area contributed by atoms with E-state index in [1.165, 1.54) is 93.4 Å². The number of hydrogen-bond acceptors (Lipinski definition) is 44. The highest BCUT2D eigenvalue weighted by Crippen LogP contribution is 2.58. The molecule has 0 saturated carbocycles. The minimum Gasteiger partial charge on any atom is -0.382 e. The molecule has 16 rings (SSSR count). The van der Waals surface area contributed by atoms with Gasteiger partial charge in [-0.05, 0) is 91.1 Å². The Bertz CT molecular complexity index is 6470. The molecule has 10 aromatic rings. The van der Waals surface area contributed by atoms with Crippen molar-refractivity contribution >= 4 is 179 Å². The van der Waals surface area contributed by atoms with Gasteiger partial charge in [-0.1, -0.05) is 6.92 Å². The summed E-state index contributed by atoms with van der Waals surface area (Å²) in [6.07, 6.45) is -9.97. The molecule has 24 atom stereocenters. The van der Waals surface area contributed by atoms with Gasteiger partial charge in [0.05, 0.1) is 101 Å². The van der Waals surface area contributed by atoms with Gasteiger partial charge in [-0.15, -0.1) is 0 Å². The van der Waals surface area contributed by atoms with Gasteiger partial charge >= 0.3 is 51.7 Å². The maximum Gasteiger partial charge on any atom is 0.330 e. The molecule has 10 aromatic heterocycles. The Balaban J connectivity index is 0.620. The van der Waals surface area contributed by atoms with Crippen molar-refractivity contribution in [3.8, 4) is 0 Å². The maximum absolute atomic E-state index is 13.1. The highest BCUT2D eigenvalue weighted by atomic mass is 32.5. The summed E-state index contributed by atoms with van der Waals surface area (Å²) in [5.74, 6) is -0.181. The molecule has 53 nitrogen and oxygen atoms in total. The molecule has 0 spiro atoms. The number of imidazole rings is 4. The molecule has 65 heteroatoms. The van der Waals surface area contributed by atoms with Gasteiger partial charge in [-0.3, -0.25) is 56.7 Å². The van der Waals surface area contributed by atoms with Gasteiger partial charge in [0.1, 0.15) is 103 Å². The van der Waals surface area contributed by atoms with Crippen LogP contribution < -0.4 is 51.0 Å². The number of nitrogens with two attached hydrogens (primary N) is 4. The molecule has 6 fully saturated rings. The van der Waals surface area contributed by atoms with E-state index >= 15 is 0 Å². The van der Waals surface area contributed by atoms with E-state index in [0.717, 1.165) is 11.7 Å². The Labute approximate surface area is 743 Å². The Morgan fingerprint density at radius 3 is 0.945 bits per heavy atom. The summed E-state index contributed by atoms with van der Waals surface area (Å²) in [6.45, 7) is -25.0. The van der Waals surface area contributed by atoms with E-state index in [1.807, 2.05) is 0 Å². The van der Waals surface area contributed by atoms with Crippen molar-refractivity contribution in [1.82, 2.24) is 97.2 Å². The van der Waals surface area contributed by atoms with Crippen molar-refractivity contribution in [2.45, 2.75) is 176 Å². The average molecular weight is 2000 g/mol. The summed E-state index contributed by atoms with van der Waals surface area (Å²) in [5, 5.41) is 0. The number of nitrogens with one attached hydrogen (secondary N) is 3. The monoisotopic (exact) mass is 2000 g/mol. The Kier molecular flexibility index (Phi) is 27.7. The lowest BCUT2D eigenvalue weighted by atomic mass is 10.1. The molecule has 0 aromatic carbocycles. The maximum atomic E-state index is 13.1. The number of anilines is 4. The Morgan fingerprint density at radius 2 is 0.646 bits per heavy atom. The highest BCUT2D eigenvalue weighted by Gasteiger charge is 2.51. The van der Waals surface area contributed by atoms with Gasteiger partial charge in [0, 0.05) is 69.2 Å². The Hall–Kier alpha value is -6.50. The smallest absolute Gasteiger partial charge is 0.330 e. The van der Waals surface area contributed by atoms with E-state index in [4.69, 9.17) is 176 Å². The molecule has 17 N–H and O–H groups in total. The number of rotatable bonds is 35. The van der Waals surface area contributed by atoms with E-state index in [0.29, 0.717) is 6.42 Å². The second-order valence-electron chi connectivity index (χ2n) is 29.4. The predicted octanol–water partition coefficient (Wildman–Crippen LogP) is 1.16. The van der Waals surface area contributed by atoms with E-state index < -0.39 is 212 Å². The van der Waals surface area contributed by atoms with Gasteiger partial charge < -0.3 is 135 Å². The van der Waals surface area contributed by atoms with Crippen LogP contribution in [-0.2, 0) is 154 Å². The number of aromatic amines is 3. The average Bonchev–Trinajstić information content (AvgIpc) is 1.64. The fourth-order valence-electron chi connectivity index (χ4n) is 15.1. The van der Waals surface area contributed by atoms with Crippen molar-refractivity contribution < 1.29 is 112 Å². The molecular weight excluding hydrogens is 1920 g/mol. The molecule has 6 unspecified atom stereocenters. The van der Waals surface area contributed by atoms with Crippen LogP contribution >= 0.6 is 40.3 Å². The summed E-state index contributed by atoms with van der Waals surface area (Å²) >= 11 is 33.5. The normalized spacial score (nSPS) is 29.3. The first-order valence-corrected chi connectivity index (χ1v) is 53.6. The third-order valence-corrected chi connectivity index (χ3v) is 30.7. The second-order valence-corrected chi connectivity index (χ2v) is 46.3. The number of nitrogens with zero attached hydrogens (tertiary/aromatic N) is 17. The van der Waals surface area contributed by atoms with Crippen LogP contribution in [0.3, 0.4) is 0 Å². The number of H-pyrrole nitrogens is 3. The van der Waals surface area contributed by atoms with Crippen LogP contribution in [0, 0.1) is 13.8 Å². The first-order chi connectivity index (χ1) is 60.2. The molecule has 0 amide bonds. The molecule has 6 aliphatic rings. The topological polar surface area (TPSA) is 696 Å². The number of fused-ring (bicyclic) bond motifs is 4. The van der Waals surface area contributed by atoms with Crippen LogP contribution in [0.2, 0.25) is 0 Å². The van der Waals surface area contributed by atoms with Crippen LogP contribution in [0.4, 0.5) is 23.4 Å². The van der Waals surface area contributed by atoms with Crippen molar-refractivity contribution in [1.29, 1.82) is 0 Å². The fraction of sp³-hybridized carbons (Fsp3) is 0.548. The van der Waals surface area contributed by atoms with Crippen LogP contribution in [0.25, 0.3) is 44.7 Å². The lowest BCUT2D eigenvalue weighted by Gasteiger charge is -2.28. The molecule has 6 saturated heterocycles. The number of nitrogen functional groups attached to an aromatic ring is 4. The zero-order chi connectivity index (χ0) is 90.3. The summed E-state index contributed by atoms with van der Waals surface area (Å²) in [4.78, 5) is 188. The summed E-state index contributed by atoms with van der Waals surface area (Å²) < 4.78 is 119. The number of hydrogen-bond donors (Lipinski definition) is 13. The van der Waals surface area contributed by atoms with E-state index in [-0.39, 0.29) is 118 Å². The first kappa shape index (κ1) is 93.7. The summed E-state index contributed by atoms with van der Waals surface area (Å²) in [7, 11) is 1.12. The first-order valence-electron chi connectivity index (χ1n) is 38.1. The largest absolute Gasteiger partial charge is 0.382 e. The molecule has 127 heavy (non-hydrogen) atoms. The molecule has 0 radical (unpaired) electrons. The molecule has 6 aliphatic heterocycles. The minimum absolute atomic E-state index is 0.0110. The van der Waals surface area contributed by atoms with Crippen LogP contribution in [-0.4, -0.2) is 240 Å². The zero-order valence-corrected chi connectivity index (χ0v) is 76.5. The van der Waals surface area contributed by atoms with Gasteiger partial charge in [0.15, 0.2) is 45.6 Å². The molecular formula is C62H80N24O29P6S6. The van der Waals surface area contributed by atoms with Crippen LogP contribution in [0.5, 0.6) is 0 Å². The second kappa shape index (κ2) is 37.5. The van der Waals surface area contributed by atoms with Gasteiger partial charge in [0.2, 0.25) is 5.95 Å². The SMILES string of the molecule is CC[C@H]1O[C@@H](n2cc(C)c(=O)[nH]c2=O)C[C@H]1OP(O)(=S)OC[C@H]1O[C@@H](n2cnc3c(N)ncnc32)C[C@H]1OP(O)(=S)OC[C@H]1O[C@@H](n2cnc3c(N)ncnc32)C[C@H]1OP(O)(=S)OC[C@H]1O[C@@H](n2cnc3c(=O)[nH]c(N)nc32)C[C@H]1OP(O)(=S)OC[C@H]1O[C@@H](n2cnc3c(N)ncnc32)C[C@H]1OP(O)(=S)OC[C@H]1O[C@@H](n2cc(C)c(=O)[nH]c2=O)C[C@H]1OP(O)(=S)OC. The predicted molar refractivity (Wildman–Crippen MR) is 460 cm³/mol. The highest BCUT2D eigenvalue weighted by molar-refractivity contribution is 8.08. The molecule has 0 aliphatic carbocycles. The fourth-order valence-corrected chi connectivity index (χ4v) is 23.4. The van der Waals surface area contributed by atoms with Crippen molar-refractivity contribution in [2.24, 2.45) is 0 Å². The lowest BCUT2D eigenvalue weighted by molar-refractivity contribution is -0.0558. The van der Waals surface area contributed by atoms with Crippen molar-refractivity contribution in [3.63, 3.8) is 0 Å². The lowest BCUT2D eigenvalue weighted by Crippen LogP contribution is -2.33. The van der Waals surface area contributed by atoms with Gasteiger partial charge in [-0.25, -0.2) is 59.4 Å². The third-order valence-electron chi connectivity index (χ3n) is 21.1. The van der Waals surface area contributed by atoms with Crippen LogP contribution in [0.15, 0.2) is 80.7 Å². The van der Waals surface area contributed by atoms with Crippen molar-refractivity contribution in [3.05, 3.63) is 120 Å². The summed E-state index contributed by atoms with van der Waals surface area (Å²) in [6, 6.07) is 0. The van der Waals surface area contributed by atoms with Gasteiger partial charge in [0.25, 0.3) is 16.7 Å². The standard InChI is InChI=1S/C62H80N24O29P6S6/c1-5-28-29(6-40(104-28)81-12-26(2)57(87)79-61(81)90)111-117(93,123)99-15-36-31(8-42(106-36)83-22-73-46-50(63)67-19-70-53(46)83)113-119(95,125)101-16-37-33(10-44(107-37)85-24-75-48-52(65)69-21-72-55(48)85)114-120(96,126)103-18-39-34(11-45(109-39)86-25-76-49-56(86)77-60(66)78-59(49)89)115-121(97,127)102-17-38-32(9-43(108-38)84-23-74-47-51(64)68-20-71-54(47)84)112-118(94,124)100-14-35-30(110-116(92,122)98-4)7-41(105-35)82-13-27(3)58(88)80-62(82)91/h12-13,19-25,28-45H,5-11,14-18H2,1-4H3,(H,92,122)(H,93,123)(H,94,124)(H,95,125)(H,96,126)(H,97,127)(H2,63,67,70)(H2,64,68,71)(H2,65,69,72)(H,79,87,90)(H,80,88,91)(H3,66,77,78,89)/t28-,29-,30-,31-,32-,33-,34-,35-,36-,37-,38-,39-,40-,41-,42-,43-,44-,45-,116?,117?,118?,119?,120?,121?/m1/s1. The zero-order valence-electron chi connectivity index (χ0n) is 66.2. The quantitative estimate of drug-likeness (QED) is 0.0248. The summed E-state index contributed by atoms with van der Waals surface area (Å²) in [5.41, 5.74) is 22.5. The number of aromatic nitrogens is 20. The molecule has 0 bridgehead atoms.